The summed E-state index contributed by atoms with van der Waals surface area (Å²) in [6.07, 6.45) is -0.328. The first-order valence-corrected chi connectivity index (χ1v) is 8.78. The molecule has 0 saturated heterocycles. The quantitative estimate of drug-likeness (QED) is 0.674. The zero-order valence-electron chi connectivity index (χ0n) is 14.4. The van der Waals surface area contributed by atoms with Crippen LogP contribution >= 0.6 is 0 Å². The number of H-pyrrole nitrogens is 1. The fraction of sp³-hybridized carbons (Fsp3) is 0.368. The van der Waals surface area contributed by atoms with E-state index in [4.69, 9.17) is 0 Å². The fourth-order valence-corrected chi connectivity index (χ4v) is 3.68. The van der Waals surface area contributed by atoms with Crippen LogP contribution in [0.2, 0.25) is 0 Å². The summed E-state index contributed by atoms with van der Waals surface area (Å²) in [4.78, 5) is 4.53. The summed E-state index contributed by atoms with van der Waals surface area (Å²) in [5.41, 5.74) is 0.802. The van der Waals surface area contributed by atoms with Gasteiger partial charge < -0.3 is 5.32 Å². The molecule has 0 atom stereocenters. The predicted octanol–water partition coefficient (Wildman–Crippen LogP) is 4.52. The Labute approximate surface area is 149 Å². The summed E-state index contributed by atoms with van der Waals surface area (Å²) in [6, 6.07) is 10.5. The SMILES string of the molecule is Cc1[nH][n+](-c2ccccc2)c2nc(NC3CCCC3)cc(C(F)(F)F)c12. The van der Waals surface area contributed by atoms with Gasteiger partial charge in [0.15, 0.2) is 5.69 Å². The molecule has 0 aliphatic heterocycles. The summed E-state index contributed by atoms with van der Waals surface area (Å²) < 4.78 is 42.8. The van der Waals surface area contributed by atoms with Gasteiger partial charge in [0.05, 0.1) is 11.3 Å². The standard InChI is InChI=1S/C19H19F3N4/c1-12-17-15(19(20,21)22)11-16(23-13-7-5-6-8-13)24-18(17)26(25-12)14-9-3-2-4-10-14/h2-4,9-11,13H,5-8H2,1H3,(H,23,24,25)/p+1. The zero-order chi connectivity index (χ0) is 18.3. The van der Waals surface area contributed by atoms with Gasteiger partial charge in [-0.15, -0.1) is 4.68 Å². The summed E-state index contributed by atoms with van der Waals surface area (Å²) in [5.74, 6) is 0.278. The predicted molar refractivity (Wildman–Crippen MR) is 93.2 cm³/mol. The highest BCUT2D eigenvalue weighted by Crippen LogP contribution is 2.37. The lowest BCUT2D eigenvalue weighted by molar-refractivity contribution is -0.632. The molecule has 7 heteroatoms. The lowest BCUT2D eigenvalue weighted by Crippen LogP contribution is -2.34. The van der Waals surface area contributed by atoms with Crippen molar-refractivity contribution >= 4 is 16.9 Å². The van der Waals surface area contributed by atoms with E-state index in [1.807, 2.05) is 30.3 Å². The van der Waals surface area contributed by atoms with Crippen LogP contribution in [0.25, 0.3) is 16.7 Å². The van der Waals surface area contributed by atoms with Gasteiger partial charge in [-0.25, -0.2) is 5.10 Å². The Morgan fingerprint density at radius 2 is 1.85 bits per heavy atom. The topological polar surface area (TPSA) is 44.6 Å². The first-order valence-electron chi connectivity index (χ1n) is 8.78. The van der Waals surface area contributed by atoms with Crippen LogP contribution in [-0.2, 0) is 6.18 Å². The molecule has 4 nitrogen and oxygen atoms in total. The minimum atomic E-state index is -4.45. The molecule has 2 aromatic heterocycles. The zero-order valence-corrected chi connectivity index (χ0v) is 14.4. The maximum absolute atomic E-state index is 13.7. The van der Waals surface area contributed by atoms with Crippen LogP contribution < -0.4 is 10.00 Å². The average molecular weight is 361 g/mol. The molecular formula is C19H20F3N4+. The van der Waals surface area contributed by atoms with Crippen LogP contribution in [0.1, 0.15) is 36.9 Å². The lowest BCUT2D eigenvalue weighted by Gasteiger charge is -2.12. The van der Waals surface area contributed by atoms with Crippen molar-refractivity contribution in [2.75, 3.05) is 5.32 Å². The number of alkyl halides is 3. The molecule has 2 heterocycles. The molecular weight excluding hydrogens is 341 g/mol. The molecule has 1 fully saturated rings. The van der Waals surface area contributed by atoms with Crippen LogP contribution in [0.5, 0.6) is 0 Å². The average Bonchev–Trinajstić information content (AvgIpc) is 3.22. The van der Waals surface area contributed by atoms with Crippen molar-refractivity contribution in [1.82, 2.24) is 10.1 Å². The Morgan fingerprint density at radius 3 is 2.50 bits per heavy atom. The maximum atomic E-state index is 13.7. The summed E-state index contributed by atoms with van der Waals surface area (Å²) in [6.45, 7) is 1.64. The first kappa shape index (κ1) is 16.9. The van der Waals surface area contributed by atoms with E-state index in [0.717, 1.165) is 37.4 Å². The van der Waals surface area contributed by atoms with E-state index in [2.05, 4.69) is 15.4 Å². The van der Waals surface area contributed by atoms with E-state index in [1.54, 1.807) is 11.6 Å². The fourth-order valence-electron chi connectivity index (χ4n) is 3.68. The molecule has 1 aliphatic rings. The molecule has 0 amide bonds. The summed E-state index contributed by atoms with van der Waals surface area (Å²) in [7, 11) is 0. The molecule has 0 spiro atoms. The number of aromatic nitrogens is 3. The molecule has 2 N–H and O–H groups in total. The normalized spacial score (nSPS) is 15.7. The van der Waals surface area contributed by atoms with E-state index in [-0.39, 0.29) is 22.9 Å². The first-order chi connectivity index (χ1) is 12.4. The number of aromatic amines is 1. The smallest absolute Gasteiger partial charge is 0.347 e. The highest BCUT2D eigenvalue weighted by molar-refractivity contribution is 5.82. The number of anilines is 1. The third-order valence-electron chi connectivity index (χ3n) is 4.89. The number of pyridine rings is 1. The van der Waals surface area contributed by atoms with Crippen molar-refractivity contribution in [1.29, 1.82) is 0 Å². The van der Waals surface area contributed by atoms with Gasteiger partial charge in [-0.3, -0.25) is 0 Å². The molecule has 136 valence electrons. The molecule has 3 aromatic rings. The second-order valence-corrected chi connectivity index (χ2v) is 6.78. The third kappa shape index (κ3) is 3.02. The highest BCUT2D eigenvalue weighted by atomic mass is 19.4. The molecule has 0 bridgehead atoms. The maximum Gasteiger partial charge on any atom is 0.417 e. The second-order valence-electron chi connectivity index (χ2n) is 6.78. The summed E-state index contributed by atoms with van der Waals surface area (Å²) >= 11 is 0. The number of halogens is 3. The van der Waals surface area contributed by atoms with Gasteiger partial charge in [0.2, 0.25) is 5.82 Å². The Balaban J connectivity index is 1.91. The van der Waals surface area contributed by atoms with Crippen LogP contribution in [0.4, 0.5) is 19.0 Å². The number of para-hydroxylation sites is 1. The third-order valence-corrected chi connectivity index (χ3v) is 4.89. The van der Waals surface area contributed by atoms with Crippen molar-refractivity contribution in [2.45, 2.75) is 44.8 Å². The minimum Gasteiger partial charge on any atom is -0.347 e. The highest BCUT2D eigenvalue weighted by Gasteiger charge is 2.38. The minimum absolute atomic E-state index is 0.110. The molecule has 0 unspecified atom stereocenters. The summed E-state index contributed by atoms with van der Waals surface area (Å²) in [5, 5.41) is 6.33. The Hall–Kier alpha value is -2.57. The number of benzene rings is 1. The number of hydrogen-bond donors (Lipinski definition) is 2. The largest absolute Gasteiger partial charge is 0.417 e. The Kier molecular flexibility index (Phi) is 4.09. The van der Waals surface area contributed by atoms with Gasteiger partial charge in [0.25, 0.3) is 0 Å². The monoisotopic (exact) mass is 361 g/mol. The number of rotatable bonds is 3. The lowest BCUT2D eigenvalue weighted by atomic mass is 10.1. The van der Waals surface area contributed by atoms with Crippen molar-refractivity contribution in [3.8, 4) is 5.69 Å². The van der Waals surface area contributed by atoms with Crippen LogP contribution in [-0.4, -0.2) is 16.1 Å². The van der Waals surface area contributed by atoms with Gasteiger partial charge in [-0.1, -0.05) is 31.0 Å². The van der Waals surface area contributed by atoms with Crippen molar-refractivity contribution < 1.29 is 17.9 Å². The molecule has 1 aliphatic carbocycles. The van der Waals surface area contributed by atoms with Crippen molar-refractivity contribution in [3.05, 3.63) is 47.7 Å². The Bertz CT molecular complexity index is 925. The number of hydrogen-bond acceptors (Lipinski definition) is 2. The molecule has 1 aromatic carbocycles. The number of nitrogens with one attached hydrogen (secondary N) is 2. The Morgan fingerprint density at radius 1 is 1.15 bits per heavy atom. The second kappa shape index (κ2) is 6.30. The van der Waals surface area contributed by atoms with Gasteiger partial charge in [0, 0.05) is 12.1 Å². The van der Waals surface area contributed by atoms with Crippen LogP contribution in [0, 0.1) is 6.92 Å². The van der Waals surface area contributed by atoms with Gasteiger partial charge in [-0.05, 0) is 36.9 Å². The number of fused-ring (bicyclic) bond motifs is 1. The van der Waals surface area contributed by atoms with Crippen molar-refractivity contribution in [3.63, 3.8) is 0 Å². The van der Waals surface area contributed by atoms with E-state index >= 15 is 0 Å². The number of aryl methyl sites for hydroxylation is 1. The van der Waals surface area contributed by atoms with Crippen LogP contribution in [0.3, 0.4) is 0 Å². The van der Waals surface area contributed by atoms with E-state index in [9.17, 15) is 13.2 Å². The molecule has 1 saturated carbocycles. The van der Waals surface area contributed by atoms with E-state index in [0.29, 0.717) is 5.69 Å². The molecule has 26 heavy (non-hydrogen) atoms. The van der Waals surface area contributed by atoms with Gasteiger partial charge in [-0.2, -0.15) is 13.2 Å². The van der Waals surface area contributed by atoms with Gasteiger partial charge in [0.1, 0.15) is 5.39 Å². The van der Waals surface area contributed by atoms with E-state index < -0.39 is 11.7 Å². The van der Waals surface area contributed by atoms with E-state index in [1.165, 1.54) is 0 Å². The molecule has 0 radical (unpaired) electrons. The number of nitrogens with zero attached hydrogens (tertiary/aromatic N) is 2. The molecule has 4 rings (SSSR count). The van der Waals surface area contributed by atoms with Gasteiger partial charge >= 0.3 is 11.8 Å². The van der Waals surface area contributed by atoms with Crippen LogP contribution in [0.15, 0.2) is 36.4 Å². The van der Waals surface area contributed by atoms with Crippen molar-refractivity contribution in [2.24, 2.45) is 0 Å².